The van der Waals surface area contributed by atoms with Gasteiger partial charge in [0.25, 0.3) is 0 Å². The lowest BCUT2D eigenvalue weighted by molar-refractivity contribution is -0.0601. The van der Waals surface area contributed by atoms with E-state index in [-0.39, 0.29) is 11.2 Å². The van der Waals surface area contributed by atoms with E-state index >= 15 is 0 Å². The van der Waals surface area contributed by atoms with E-state index in [0.717, 1.165) is 19.3 Å². The van der Waals surface area contributed by atoms with Gasteiger partial charge < -0.3 is 10.1 Å². The van der Waals surface area contributed by atoms with E-state index in [1.807, 2.05) is 6.07 Å². The quantitative estimate of drug-likeness (QED) is 0.871. The molecule has 0 spiro atoms. The maximum atomic E-state index is 13.4. The summed E-state index contributed by atoms with van der Waals surface area (Å²) in [4.78, 5) is 0. The van der Waals surface area contributed by atoms with E-state index in [9.17, 15) is 4.39 Å². The maximum Gasteiger partial charge on any atom is 0.143 e. The van der Waals surface area contributed by atoms with Crippen LogP contribution in [0, 0.1) is 17.1 Å². The zero-order valence-corrected chi connectivity index (χ0v) is 9.79. The van der Waals surface area contributed by atoms with E-state index in [4.69, 9.17) is 10.00 Å². The summed E-state index contributed by atoms with van der Waals surface area (Å²) in [6.45, 7) is 0.613. The highest BCUT2D eigenvalue weighted by Gasteiger charge is 2.36. The minimum Gasteiger partial charge on any atom is -0.381 e. The minimum absolute atomic E-state index is 0.0677. The molecule has 0 heterocycles. The molecule has 1 aromatic carbocycles. The number of methoxy groups -OCH3 is 1. The van der Waals surface area contributed by atoms with Gasteiger partial charge in [-0.05, 0) is 31.4 Å². The van der Waals surface area contributed by atoms with E-state index < -0.39 is 5.82 Å². The van der Waals surface area contributed by atoms with Crippen LogP contribution in [0.4, 0.5) is 10.1 Å². The van der Waals surface area contributed by atoms with Gasteiger partial charge in [0, 0.05) is 13.7 Å². The van der Waals surface area contributed by atoms with Gasteiger partial charge in [-0.1, -0.05) is 6.07 Å². The molecule has 1 aliphatic rings. The molecule has 0 aromatic heterocycles. The highest BCUT2D eigenvalue weighted by Crippen LogP contribution is 2.35. The van der Waals surface area contributed by atoms with Gasteiger partial charge in [0.05, 0.1) is 11.3 Å². The molecule has 1 fully saturated rings. The van der Waals surface area contributed by atoms with Crippen LogP contribution in [0.2, 0.25) is 0 Å². The second-order valence-corrected chi connectivity index (χ2v) is 4.37. The van der Waals surface area contributed by atoms with Crippen molar-refractivity contribution in [3.8, 4) is 6.07 Å². The zero-order chi connectivity index (χ0) is 12.3. The number of nitrogens with one attached hydrogen (secondary N) is 1. The van der Waals surface area contributed by atoms with Crippen LogP contribution in [0.1, 0.15) is 24.8 Å². The molecular weight excluding hydrogens is 219 g/mol. The van der Waals surface area contributed by atoms with Crippen LogP contribution >= 0.6 is 0 Å². The van der Waals surface area contributed by atoms with Gasteiger partial charge in [-0.25, -0.2) is 4.39 Å². The third-order valence-electron chi connectivity index (χ3n) is 3.42. The van der Waals surface area contributed by atoms with Crippen molar-refractivity contribution in [3.63, 3.8) is 0 Å². The number of rotatable bonds is 4. The molecule has 0 unspecified atom stereocenters. The predicted octanol–water partition coefficient (Wildman–Crippen LogP) is 2.68. The first-order valence-corrected chi connectivity index (χ1v) is 5.68. The first-order chi connectivity index (χ1) is 8.21. The number of anilines is 1. The highest BCUT2D eigenvalue weighted by atomic mass is 19.1. The number of hydrogen-bond donors (Lipinski definition) is 1. The van der Waals surface area contributed by atoms with Gasteiger partial charge in [0.1, 0.15) is 17.4 Å². The van der Waals surface area contributed by atoms with Gasteiger partial charge in [0.2, 0.25) is 0 Å². The smallest absolute Gasteiger partial charge is 0.143 e. The lowest BCUT2D eigenvalue weighted by Crippen LogP contribution is -2.45. The summed E-state index contributed by atoms with van der Waals surface area (Å²) in [6.07, 6.45) is 3.17. The number of halogens is 1. The summed E-state index contributed by atoms with van der Waals surface area (Å²) in [6, 6.07) is 6.47. The Labute approximate surface area is 100 Å². The molecular formula is C13H15FN2O. The molecule has 1 N–H and O–H groups in total. The van der Waals surface area contributed by atoms with Crippen LogP contribution in [-0.2, 0) is 4.74 Å². The van der Waals surface area contributed by atoms with E-state index in [0.29, 0.717) is 12.2 Å². The van der Waals surface area contributed by atoms with Gasteiger partial charge in [0.15, 0.2) is 0 Å². The van der Waals surface area contributed by atoms with Crippen molar-refractivity contribution in [1.29, 1.82) is 5.26 Å². The molecule has 1 aliphatic carbocycles. The van der Waals surface area contributed by atoms with E-state index in [1.165, 1.54) is 6.07 Å². The third kappa shape index (κ3) is 2.25. The lowest BCUT2D eigenvalue weighted by Gasteiger charge is -2.40. The van der Waals surface area contributed by atoms with Gasteiger partial charge in [-0.15, -0.1) is 0 Å². The fourth-order valence-corrected chi connectivity index (χ4v) is 2.07. The SMILES string of the molecule is COC1(CNc2cccc(F)c2C#N)CCC1. The Kier molecular flexibility index (Phi) is 3.30. The summed E-state index contributed by atoms with van der Waals surface area (Å²) < 4.78 is 18.8. The molecule has 3 nitrogen and oxygen atoms in total. The Morgan fingerprint density at radius 2 is 2.29 bits per heavy atom. The first kappa shape index (κ1) is 11.9. The molecule has 17 heavy (non-hydrogen) atoms. The van der Waals surface area contributed by atoms with Crippen LogP contribution in [-0.4, -0.2) is 19.3 Å². The zero-order valence-electron chi connectivity index (χ0n) is 9.79. The summed E-state index contributed by atoms with van der Waals surface area (Å²) in [5.41, 5.74) is 0.466. The second-order valence-electron chi connectivity index (χ2n) is 4.37. The fourth-order valence-electron chi connectivity index (χ4n) is 2.07. The van der Waals surface area contributed by atoms with Crippen molar-refractivity contribution in [1.82, 2.24) is 0 Å². The Morgan fingerprint density at radius 1 is 1.53 bits per heavy atom. The van der Waals surface area contributed by atoms with Crippen LogP contribution in [0.15, 0.2) is 18.2 Å². The Morgan fingerprint density at radius 3 is 2.82 bits per heavy atom. The average Bonchev–Trinajstić information content (AvgIpc) is 2.28. The number of hydrogen-bond acceptors (Lipinski definition) is 3. The van der Waals surface area contributed by atoms with Crippen molar-refractivity contribution in [2.24, 2.45) is 0 Å². The van der Waals surface area contributed by atoms with Gasteiger partial charge >= 0.3 is 0 Å². The van der Waals surface area contributed by atoms with E-state index in [1.54, 1.807) is 19.2 Å². The Bertz CT molecular complexity index is 444. The average molecular weight is 234 g/mol. The van der Waals surface area contributed by atoms with Crippen LogP contribution in [0.25, 0.3) is 0 Å². The van der Waals surface area contributed by atoms with E-state index in [2.05, 4.69) is 5.32 Å². The van der Waals surface area contributed by atoms with Crippen molar-refractivity contribution < 1.29 is 9.13 Å². The number of nitriles is 1. The number of nitrogens with zero attached hydrogens (tertiary/aromatic N) is 1. The highest BCUT2D eigenvalue weighted by molar-refractivity contribution is 5.58. The molecule has 1 saturated carbocycles. The van der Waals surface area contributed by atoms with Crippen molar-refractivity contribution >= 4 is 5.69 Å². The van der Waals surface area contributed by atoms with Crippen LogP contribution < -0.4 is 5.32 Å². The molecule has 0 saturated heterocycles. The fraction of sp³-hybridized carbons (Fsp3) is 0.462. The summed E-state index contributed by atoms with van der Waals surface area (Å²) in [7, 11) is 1.69. The maximum absolute atomic E-state index is 13.4. The van der Waals surface area contributed by atoms with Crippen LogP contribution in [0.5, 0.6) is 0 Å². The molecule has 4 heteroatoms. The third-order valence-corrected chi connectivity index (χ3v) is 3.42. The van der Waals surface area contributed by atoms with Crippen molar-refractivity contribution in [2.45, 2.75) is 24.9 Å². The largest absolute Gasteiger partial charge is 0.381 e. The summed E-state index contributed by atoms with van der Waals surface area (Å²) in [5.74, 6) is -0.488. The monoisotopic (exact) mass is 234 g/mol. The molecule has 90 valence electrons. The minimum atomic E-state index is -0.488. The Balaban J connectivity index is 2.09. The number of ether oxygens (including phenoxy) is 1. The predicted molar refractivity (Wildman–Crippen MR) is 63.2 cm³/mol. The van der Waals surface area contributed by atoms with Gasteiger partial charge in [-0.2, -0.15) is 5.26 Å². The van der Waals surface area contributed by atoms with Crippen LogP contribution in [0.3, 0.4) is 0 Å². The molecule has 0 amide bonds. The topological polar surface area (TPSA) is 45.0 Å². The second kappa shape index (κ2) is 4.72. The van der Waals surface area contributed by atoms with Gasteiger partial charge in [-0.3, -0.25) is 0 Å². The number of benzene rings is 1. The molecule has 0 radical (unpaired) electrons. The first-order valence-electron chi connectivity index (χ1n) is 5.68. The molecule has 0 aliphatic heterocycles. The normalized spacial score (nSPS) is 17.0. The standard InChI is InChI=1S/C13H15FN2O/c1-17-13(6-3-7-13)9-16-12-5-2-4-11(14)10(12)8-15/h2,4-5,16H,3,6-7,9H2,1H3. The molecule has 2 rings (SSSR count). The lowest BCUT2D eigenvalue weighted by atomic mass is 9.80. The molecule has 0 atom stereocenters. The summed E-state index contributed by atoms with van der Waals surface area (Å²) in [5, 5.41) is 12.0. The summed E-state index contributed by atoms with van der Waals surface area (Å²) >= 11 is 0. The molecule has 0 bridgehead atoms. The van der Waals surface area contributed by atoms with Crippen molar-refractivity contribution in [3.05, 3.63) is 29.6 Å². The Hall–Kier alpha value is -1.60. The van der Waals surface area contributed by atoms with Crippen molar-refractivity contribution in [2.75, 3.05) is 19.0 Å². The molecule has 1 aromatic rings.